The van der Waals surface area contributed by atoms with Gasteiger partial charge in [-0.3, -0.25) is 29.4 Å². The molecule has 8 amide bonds. The minimum atomic E-state index is -1.06. The number of fused-ring (bicyclic) bond motifs is 1. The number of aliphatic imine (C=N–C) groups is 1. The molecule has 5 aromatic rings. The monoisotopic (exact) mass is 1330 g/mol. The summed E-state index contributed by atoms with van der Waals surface area (Å²) < 4.78 is 27.8. The van der Waals surface area contributed by atoms with Crippen molar-refractivity contribution >= 4 is 81.9 Å². The number of allylic oxidation sites excluding steroid dienone is 1. The highest BCUT2D eigenvalue weighted by Gasteiger charge is 2.30. The van der Waals surface area contributed by atoms with Gasteiger partial charge in [0, 0.05) is 80.1 Å². The average Bonchev–Trinajstić information content (AvgIpc) is 0.786. The number of nitrogens with zero attached hydrogens (tertiary/aromatic N) is 2. The van der Waals surface area contributed by atoms with Crippen molar-refractivity contribution in [1.29, 1.82) is 5.41 Å². The fourth-order valence-electron chi connectivity index (χ4n) is 10.4. The number of hydrogen-bond acceptors (Lipinski definition) is 16. The Labute approximate surface area is 569 Å². The lowest BCUT2D eigenvalue weighted by Gasteiger charge is -2.26. The maximum absolute atomic E-state index is 13.7. The molecule has 0 unspecified atom stereocenters. The molecule has 0 radical (unpaired) electrons. The van der Waals surface area contributed by atoms with Gasteiger partial charge in [0.2, 0.25) is 29.5 Å². The number of aryl methyl sites for hydroxylation is 1. The van der Waals surface area contributed by atoms with E-state index in [1.165, 1.54) is 0 Å². The van der Waals surface area contributed by atoms with E-state index in [0.717, 1.165) is 81.8 Å². The molecular weight excluding hydrogens is 1240 g/mol. The summed E-state index contributed by atoms with van der Waals surface area (Å²) in [5, 5.41) is 28.8. The molecule has 0 aromatic heterocycles. The lowest BCUT2D eigenvalue weighted by molar-refractivity contribution is -0.132. The van der Waals surface area contributed by atoms with Gasteiger partial charge in [-0.25, -0.2) is 14.6 Å². The van der Waals surface area contributed by atoms with E-state index >= 15 is 0 Å². The number of benzene rings is 5. The Morgan fingerprint density at radius 1 is 0.639 bits per heavy atom. The number of ether oxygens (including phenoxy) is 5. The fourth-order valence-corrected chi connectivity index (χ4v) is 10.4. The van der Waals surface area contributed by atoms with Crippen molar-refractivity contribution in [2.24, 2.45) is 22.4 Å². The fraction of sp³-hybridized carbons (Fsp3) is 0.411. The molecule has 520 valence electrons. The van der Waals surface area contributed by atoms with Gasteiger partial charge in [0.1, 0.15) is 30.2 Å². The summed E-state index contributed by atoms with van der Waals surface area (Å²) in [4.78, 5) is 97.2. The Hall–Kier alpha value is -9.75. The first-order chi connectivity index (χ1) is 47.0. The van der Waals surface area contributed by atoms with Crippen molar-refractivity contribution in [3.05, 3.63) is 173 Å². The minimum Gasteiger partial charge on any atom is -0.445 e. The zero-order chi connectivity index (χ0) is 69.7. The molecule has 12 N–H and O–H groups in total. The molecule has 1 heterocycles. The van der Waals surface area contributed by atoms with E-state index in [4.69, 9.17) is 40.6 Å². The van der Waals surface area contributed by atoms with Crippen LogP contribution in [0.5, 0.6) is 0 Å². The number of nitrogens with two attached hydrogens (primary N) is 2. The number of hydrogen-bond donors (Lipinski definition) is 10. The number of unbranched alkanes of at least 4 members (excludes halogenated alkanes) is 1. The van der Waals surface area contributed by atoms with Gasteiger partial charge in [0.25, 0.3) is 0 Å². The lowest BCUT2D eigenvalue weighted by Crippen LogP contribution is -2.54. The van der Waals surface area contributed by atoms with E-state index in [0.29, 0.717) is 57.1 Å². The third kappa shape index (κ3) is 26.4. The van der Waals surface area contributed by atoms with Crippen molar-refractivity contribution in [2.45, 2.75) is 117 Å². The number of anilines is 2. The second-order valence-electron chi connectivity index (χ2n) is 23.3. The number of amidine groups is 1. The number of alkyl carbamates (subject to hydrolysis) is 1. The molecule has 24 nitrogen and oxygen atoms in total. The molecule has 0 saturated carbocycles. The Morgan fingerprint density at radius 3 is 1.95 bits per heavy atom. The average molecular weight is 1330 g/mol. The Bertz CT molecular complexity index is 3470. The standard InChI is InChI=1S/C73H96N12O12/c1-6-9-35-77-61(66-58-20-13-14-21-59(58)82-69(75)67(66)74)46-51-24-26-52(27-25-51)47-80-73(92)97-49-53-28-30-57(31-29-53)81-70(89)60(22-16-36-79-72(76)91)83-71(90)68(50(4)5)84-64(87)34-38-93-40-42-95-44-45-96-43-41-94-39-37-78-63(86)32-33-65(88)85(62-23-15-12-18-55(62)8-3)48-56-19-11-10-17-54(56)7-2/h7,10-15,17-21,23-31,50,60,68,74,77H,2,6,8-9,16,22,32-49H2,1,3-5H3,(H2,75,82)(H,78,86)(H,80,92)(H,81,89)(H,83,90)(H,84,87)(H3,76,79,91)/b66-61-,74-67?/t60-,68-/m0/s1. The summed E-state index contributed by atoms with van der Waals surface area (Å²) in [6.45, 7) is 15.4. The van der Waals surface area contributed by atoms with E-state index in [2.05, 4.69) is 55.7 Å². The van der Waals surface area contributed by atoms with Gasteiger partial charge in [0.05, 0.1) is 65.1 Å². The van der Waals surface area contributed by atoms with Gasteiger partial charge in [-0.15, -0.1) is 0 Å². The number of primary amides is 1. The number of carbonyl (C=O) groups is 7. The maximum Gasteiger partial charge on any atom is 0.407 e. The second-order valence-corrected chi connectivity index (χ2v) is 23.3. The number of urea groups is 1. The number of amides is 8. The Balaban J connectivity index is 0.829. The molecule has 0 aliphatic carbocycles. The zero-order valence-electron chi connectivity index (χ0n) is 56.3. The molecule has 97 heavy (non-hydrogen) atoms. The molecule has 0 spiro atoms. The highest BCUT2D eigenvalue weighted by atomic mass is 16.6. The van der Waals surface area contributed by atoms with E-state index in [9.17, 15) is 33.6 Å². The lowest BCUT2D eigenvalue weighted by atomic mass is 9.91. The summed E-state index contributed by atoms with van der Waals surface area (Å²) in [5.41, 5.74) is 21.5. The maximum atomic E-state index is 13.7. The third-order valence-corrected chi connectivity index (χ3v) is 15.7. The van der Waals surface area contributed by atoms with Crippen molar-refractivity contribution < 1.29 is 57.2 Å². The molecule has 24 heteroatoms. The molecule has 5 aromatic carbocycles. The van der Waals surface area contributed by atoms with Crippen LogP contribution >= 0.6 is 0 Å². The topological polar surface area (TPSA) is 341 Å². The van der Waals surface area contributed by atoms with Crippen LogP contribution in [0.25, 0.3) is 11.6 Å². The predicted molar refractivity (Wildman–Crippen MR) is 377 cm³/mol. The van der Waals surface area contributed by atoms with Crippen LogP contribution in [0.2, 0.25) is 0 Å². The molecule has 0 saturated heterocycles. The van der Waals surface area contributed by atoms with Gasteiger partial charge in [-0.2, -0.15) is 0 Å². The number of nitrogens with one attached hydrogen (secondary N) is 8. The molecule has 0 fully saturated rings. The van der Waals surface area contributed by atoms with Crippen LogP contribution in [0, 0.1) is 11.3 Å². The molecule has 1 aliphatic rings. The third-order valence-electron chi connectivity index (χ3n) is 15.7. The normalized spacial score (nSPS) is 12.8. The first-order valence-corrected chi connectivity index (χ1v) is 33.2. The van der Waals surface area contributed by atoms with Gasteiger partial charge < -0.3 is 77.3 Å². The van der Waals surface area contributed by atoms with Crippen molar-refractivity contribution in [3.63, 3.8) is 0 Å². The Kier molecular flexibility index (Phi) is 33.0. The second kappa shape index (κ2) is 41.9. The van der Waals surface area contributed by atoms with Crippen LogP contribution in [-0.2, 0) is 80.2 Å². The highest BCUT2D eigenvalue weighted by Crippen LogP contribution is 2.34. The number of para-hydroxylation sites is 2. The Morgan fingerprint density at radius 2 is 1.27 bits per heavy atom. The van der Waals surface area contributed by atoms with Crippen molar-refractivity contribution in [1.82, 2.24) is 31.9 Å². The van der Waals surface area contributed by atoms with Crippen molar-refractivity contribution in [3.8, 4) is 0 Å². The molecule has 2 atom stereocenters. The van der Waals surface area contributed by atoms with Gasteiger partial charge in [-0.1, -0.05) is 144 Å². The van der Waals surface area contributed by atoms with Crippen LogP contribution in [0.1, 0.15) is 112 Å². The van der Waals surface area contributed by atoms with E-state index < -0.39 is 41.9 Å². The van der Waals surface area contributed by atoms with Crippen LogP contribution in [0.15, 0.2) is 139 Å². The first kappa shape index (κ1) is 76.3. The smallest absolute Gasteiger partial charge is 0.407 e. The molecule has 1 aliphatic heterocycles. The number of rotatable bonds is 43. The summed E-state index contributed by atoms with van der Waals surface area (Å²) >= 11 is 0. The van der Waals surface area contributed by atoms with Gasteiger partial charge >= 0.3 is 12.1 Å². The van der Waals surface area contributed by atoms with E-state index in [1.54, 1.807) is 49.1 Å². The van der Waals surface area contributed by atoms with Gasteiger partial charge in [-0.05, 0) is 89.2 Å². The van der Waals surface area contributed by atoms with Crippen molar-refractivity contribution in [2.75, 3.05) is 82.7 Å². The van der Waals surface area contributed by atoms with Crippen LogP contribution < -0.4 is 53.6 Å². The zero-order valence-corrected chi connectivity index (χ0v) is 56.3. The summed E-state index contributed by atoms with van der Waals surface area (Å²) in [5.74, 6) is -2.13. The van der Waals surface area contributed by atoms with E-state index in [-0.39, 0.29) is 108 Å². The summed E-state index contributed by atoms with van der Waals surface area (Å²) in [6, 6.07) is 35.0. The molecule has 0 bridgehead atoms. The van der Waals surface area contributed by atoms with Gasteiger partial charge in [0.15, 0.2) is 0 Å². The summed E-state index contributed by atoms with van der Waals surface area (Å²) in [7, 11) is 0. The molecular formula is C73H96N12O12. The predicted octanol–water partition coefficient (Wildman–Crippen LogP) is 8.28. The van der Waals surface area contributed by atoms with Crippen LogP contribution in [0.3, 0.4) is 0 Å². The van der Waals surface area contributed by atoms with E-state index in [1.807, 2.05) is 104 Å². The quantitative estimate of drug-likeness (QED) is 0.0164. The van der Waals surface area contributed by atoms with Crippen LogP contribution in [-0.4, -0.2) is 138 Å². The highest BCUT2D eigenvalue weighted by molar-refractivity contribution is 6.58. The summed E-state index contributed by atoms with van der Waals surface area (Å²) in [6.07, 6.45) is 4.87. The first-order valence-electron chi connectivity index (χ1n) is 33.2. The minimum absolute atomic E-state index is 0.0374. The molecule has 6 rings (SSSR count). The SMILES string of the molecule is C=Cc1ccccc1CN(C(=O)CCC(=O)NCCOCCOCCOCCOCCC(=O)N[C@H](C(=O)N[C@@H](CCCNC(N)=O)C(=O)Nc1ccc(COC(=O)NCc2ccc(C/C(NCCCC)=C3/C(=N)C(N)=Nc4ccccc43)cc2)cc1)C(C)C)c1ccccc1CC. The number of carbonyl (C=O) groups excluding carboxylic acids is 7. The largest absolute Gasteiger partial charge is 0.445 e. The van der Waals surface area contributed by atoms with Crippen LogP contribution in [0.4, 0.5) is 26.7 Å².